The first-order valence-electron chi connectivity index (χ1n) is 21.0. The lowest BCUT2D eigenvalue weighted by molar-refractivity contribution is 0.660. The highest BCUT2D eigenvalue weighted by Crippen LogP contribution is 2.62. The van der Waals surface area contributed by atoms with Crippen LogP contribution in [0.4, 0.5) is 17.1 Å². The second-order valence-electron chi connectivity index (χ2n) is 17.2. The monoisotopic (exact) mass is 765 g/mol. The first-order chi connectivity index (χ1) is 29.5. The van der Waals surface area contributed by atoms with Crippen LogP contribution in [-0.2, 0) is 10.8 Å². The molecule has 0 saturated heterocycles. The lowest BCUT2D eigenvalue weighted by atomic mass is 9.66. The first-order valence-corrected chi connectivity index (χ1v) is 21.0. The van der Waals surface area contributed by atoms with Gasteiger partial charge in [-0.1, -0.05) is 178 Å². The summed E-state index contributed by atoms with van der Waals surface area (Å²) in [5, 5.41) is 2.23. The summed E-state index contributed by atoms with van der Waals surface area (Å²) >= 11 is 0. The molecule has 3 aliphatic rings. The van der Waals surface area contributed by atoms with Crippen molar-refractivity contribution in [2.24, 2.45) is 0 Å². The van der Waals surface area contributed by atoms with Crippen molar-refractivity contribution >= 4 is 39.0 Å². The molecule has 0 amide bonds. The largest absolute Gasteiger partial charge is 0.454 e. The quantitative estimate of drug-likeness (QED) is 0.178. The fourth-order valence-corrected chi connectivity index (χ4v) is 11.3. The molecule has 0 saturated carbocycles. The number of nitrogens with zero attached hydrogens (tertiary/aromatic N) is 1. The fourth-order valence-electron chi connectivity index (χ4n) is 11.3. The Bertz CT molecular complexity index is 3370. The van der Waals surface area contributed by atoms with E-state index in [1.54, 1.807) is 0 Å². The summed E-state index contributed by atoms with van der Waals surface area (Å²) in [6.45, 7) is 4.72. The standard InChI is InChI=1S/C58H39NO/c1-57(2)48-24-10-5-20-42(48)44-32-30-37(35-53(44)57)59(54-28-15-23-46-45-22-9-14-29-55(45)60-56(46)54)36-31-33-52-47(34-36)43-21-8-13-27-51(43)58(52)49-25-11-6-18-40(49)38-16-3-4-17-39(38)41-19-7-12-26-50(41)58/h3-35H,1-2H3. The number of fused-ring (bicyclic) bond motifs is 18. The van der Waals surface area contributed by atoms with Crippen LogP contribution < -0.4 is 4.90 Å². The third kappa shape index (κ3) is 4.27. The van der Waals surface area contributed by atoms with E-state index in [2.05, 4.69) is 219 Å². The van der Waals surface area contributed by atoms with Gasteiger partial charge >= 0.3 is 0 Å². The molecule has 60 heavy (non-hydrogen) atoms. The first kappa shape index (κ1) is 33.5. The van der Waals surface area contributed by atoms with E-state index in [-0.39, 0.29) is 5.41 Å². The molecule has 13 rings (SSSR count). The van der Waals surface area contributed by atoms with Crippen LogP contribution in [0.2, 0.25) is 0 Å². The van der Waals surface area contributed by atoms with Crippen molar-refractivity contribution in [2.45, 2.75) is 24.7 Å². The highest BCUT2D eigenvalue weighted by Gasteiger charge is 2.50. The molecule has 0 N–H and O–H groups in total. The maximum atomic E-state index is 6.81. The molecule has 3 aliphatic carbocycles. The zero-order valence-electron chi connectivity index (χ0n) is 33.4. The van der Waals surface area contributed by atoms with Crippen LogP contribution in [0.3, 0.4) is 0 Å². The molecule has 0 unspecified atom stereocenters. The van der Waals surface area contributed by atoms with Crippen LogP contribution in [0.5, 0.6) is 0 Å². The molecule has 2 heteroatoms. The molecule has 0 radical (unpaired) electrons. The van der Waals surface area contributed by atoms with Crippen LogP contribution in [0.1, 0.15) is 47.2 Å². The number of para-hydroxylation sites is 2. The second-order valence-corrected chi connectivity index (χ2v) is 17.2. The van der Waals surface area contributed by atoms with E-state index >= 15 is 0 Å². The minimum Gasteiger partial charge on any atom is -0.454 e. The third-order valence-corrected chi connectivity index (χ3v) is 13.9. The molecule has 0 bridgehead atoms. The van der Waals surface area contributed by atoms with Gasteiger partial charge in [-0.3, -0.25) is 0 Å². The maximum Gasteiger partial charge on any atom is 0.159 e. The van der Waals surface area contributed by atoms with Gasteiger partial charge in [-0.05, 0) is 114 Å². The van der Waals surface area contributed by atoms with Gasteiger partial charge in [-0.25, -0.2) is 0 Å². The van der Waals surface area contributed by atoms with Gasteiger partial charge in [0.1, 0.15) is 5.58 Å². The number of anilines is 3. The van der Waals surface area contributed by atoms with Gasteiger partial charge in [0, 0.05) is 27.6 Å². The molecular formula is C58H39NO. The number of hydrogen-bond acceptors (Lipinski definition) is 2. The van der Waals surface area contributed by atoms with Crippen molar-refractivity contribution in [3.8, 4) is 44.5 Å². The van der Waals surface area contributed by atoms with Gasteiger partial charge in [0.25, 0.3) is 0 Å². The van der Waals surface area contributed by atoms with Crippen molar-refractivity contribution in [1.82, 2.24) is 0 Å². The van der Waals surface area contributed by atoms with Gasteiger partial charge < -0.3 is 9.32 Å². The number of rotatable bonds is 3. The van der Waals surface area contributed by atoms with Crippen molar-refractivity contribution < 1.29 is 4.42 Å². The van der Waals surface area contributed by atoms with Gasteiger partial charge in [-0.2, -0.15) is 0 Å². The van der Waals surface area contributed by atoms with Crippen LogP contribution in [0.25, 0.3) is 66.4 Å². The van der Waals surface area contributed by atoms with Crippen molar-refractivity contribution in [1.29, 1.82) is 0 Å². The molecule has 10 aromatic rings. The van der Waals surface area contributed by atoms with Crippen LogP contribution >= 0.6 is 0 Å². The molecule has 0 atom stereocenters. The van der Waals surface area contributed by atoms with Crippen molar-refractivity contribution in [2.75, 3.05) is 4.90 Å². The van der Waals surface area contributed by atoms with Gasteiger partial charge in [-0.15, -0.1) is 0 Å². The Morgan fingerprint density at radius 1 is 0.350 bits per heavy atom. The third-order valence-electron chi connectivity index (χ3n) is 13.9. The molecule has 0 fully saturated rings. The van der Waals surface area contributed by atoms with Crippen LogP contribution in [0, 0.1) is 0 Å². The van der Waals surface area contributed by atoms with E-state index in [0.29, 0.717) is 0 Å². The summed E-state index contributed by atoms with van der Waals surface area (Å²) < 4.78 is 6.81. The van der Waals surface area contributed by atoms with Crippen LogP contribution in [-0.4, -0.2) is 0 Å². The Balaban J connectivity index is 1.10. The van der Waals surface area contributed by atoms with Crippen molar-refractivity contribution in [3.63, 3.8) is 0 Å². The molecule has 282 valence electrons. The highest BCUT2D eigenvalue weighted by atomic mass is 16.3. The zero-order valence-corrected chi connectivity index (χ0v) is 33.4. The lowest BCUT2D eigenvalue weighted by Crippen LogP contribution is -2.29. The fraction of sp³-hybridized carbons (Fsp3) is 0.0690. The summed E-state index contributed by atoms with van der Waals surface area (Å²) in [4.78, 5) is 2.43. The zero-order chi connectivity index (χ0) is 39.7. The summed E-state index contributed by atoms with van der Waals surface area (Å²) in [7, 11) is 0. The average molecular weight is 766 g/mol. The summed E-state index contributed by atoms with van der Waals surface area (Å²) in [5.74, 6) is 0. The minimum absolute atomic E-state index is 0.153. The van der Waals surface area contributed by atoms with Gasteiger partial charge in [0.2, 0.25) is 0 Å². The molecule has 1 heterocycles. The van der Waals surface area contributed by atoms with E-state index in [1.165, 1.54) is 77.9 Å². The van der Waals surface area contributed by atoms with E-state index in [0.717, 1.165) is 39.0 Å². The van der Waals surface area contributed by atoms with E-state index in [1.807, 2.05) is 0 Å². The number of benzene rings is 9. The van der Waals surface area contributed by atoms with Gasteiger partial charge in [0.15, 0.2) is 5.58 Å². The lowest BCUT2D eigenvalue weighted by Gasteiger charge is -2.35. The second kappa shape index (κ2) is 12.1. The molecule has 0 aliphatic heterocycles. The molecule has 9 aromatic carbocycles. The van der Waals surface area contributed by atoms with E-state index in [4.69, 9.17) is 4.42 Å². The number of hydrogen-bond donors (Lipinski definition) is 0. The Labute approximate surface area is 349 Å². The SMILES string of the molecule is CC1(C)c2ccccc2-c2ccc(N(c3ccc4c(c3)-c3ccccc3C43c4ccccc4-c4ccccc4-c4ccccc43)c3cccc4c3oc3ccccc34)cc21. The van der Waals surface area contributed by atoms with Gasteiger partial charge in [0.05, 0.1) is 11.1 Å². The molecule has 1 spiro atoms. The number of furan rings is 1. The topological polar surface area (TPSA) is 16.4 Å². The predicted octanol–water partition coefficient (Wildman–Crippen LogP) is 15.4. The highest BCUT2D eigenvalue weighted by molar-refractivity contribution is 6.10. The Morgan fingerprint density at radius 2 is 0.817 bits per heavy atom. The molecule has 1 aromatic heterocycles. The Hall–Kier alpha value is -7.42. The van der Waals surface area contributed by atoms with Crippen LogP contribution in [0.15, 0.2) is 205 Å². The van der Waals surface area contributed by atoms with E-state index < -0.39 is 5.41 Å². The smallest absolute Gasteiger partial charge is 0.159 e. The minimum atomic E-state index is -0.538. The summed E-state index contributed by atoms with van der Waals surface area (Å²) in [5.41, 5.74) is 22.4. The normalized spacial score (nSPS) is 14.4. The molecular weight excluding hydrogens is 727 g/mol. The molecule has 2 nitrogen and oxygen atoms in total. The van der Waals surface area contributed by atoms with Crippen molar-refractivity contribution in [3.05, 3.63) is 234 Å². The average Bonchev–Trinajstić information content (AvgIpc) is 3.88. The summed E-state index contributed by atoms with van der Waals surface area (Å²) in [6.07, 6.45) is 0. The maximum absolute atomic E-state index is 6.81. The van der Waals surface area contributed by atoms with E-state index in [9.17, 15) is 0 Å². The summed E-state index contributed by atoms with van der Waals surface area (Å²) in [6, 6.07) is 74.4. The predicted molar refractivity (Wildman–Crippen MR) is 248 cm³/mol. The Morgan fingerprint density at radius 3 is 1.48 bits per heavy atom. The Kier molecular flexibility index (Phi) is 6.74.